The van der Waals surface area contributed by atoms with E-state index in [1.54, 1.807) is 6.92 Å². The second-order valence-corrected chi connectivity index (χ2v) is 3.51. The summed E-state index contributed by atoms with van der Waals surface area (Å²) in [6.07, 6.45) is 0. The third-order valence-corrected chi connectivity index (χ3v) is 2.32. The van der Waals surface area contributed by atoms with Gasteiger partial charge in [-0.15, -0.1) is 11.6 Å². The maximum atomic E-state index is 11.6. The molecule has 0 aliphatic rings. The van der Waals surface area contributed by atoms with E-state index in [0.29, 0.717) is 0 Å². The lowest BCUT2D eigenvalue weighted by Crippen LogP contribution is -2.33. The molecule has 0 spiro atoms. The number of phenols is 2. The van der Waals surface area contributed by atoms with Crippen LogP contribution in [0.1, 0.15) is 17.3 Å². The molecule has 0 aliphatic heterocycles. The predicted molar refractivity (Wildman–Crippen MR) is 57.4 cm³/mol. The Kier molecular flexibility index (Phi) is 3.80. The Morgan fingerprint density at radius 3 is 2.47 bits per heavy atom. The third kappa shape index (κ3) is 2.76. The lowest BCUT2D eigenvalue weighted by molar-refractivity contribution is 0.0938. The van der Waals surface area contributed by atoms with Gasteiger partial charge in [0, 0.05) is 11.9 Å². The molecule has 1 rings (SSSR count). The number of carbonyl (C=O) groups excluding carboxylic acids is 1. The molecule has 1 aromatic carbocycles. The number of nitrogens with one attached hydrogen (secondary N) is 1. The Hall–Kier alpha value is -1.42. The molecule has 0 radical (unpaired) electrons. The summed E-state index contributed by atoms with van der Waals surface area (Å²) in [5.41, 5.74) is -0.130. The number of rotatable bonds is 3. The highest BCUT2D eigenvalue weighted by Gasteiger charge is 2.17. The van der Waals surface area contributed by atoms with Crippen LogP contribution in [0, 0.1) is 0 Å². The minimum Gasteiger partial charge on any atom is -0.507 e. The summed E-state index contributed by atoms with van der Waals surface area (Å²) in [4.78, 5) is 11.6. The van der Waals surface area contributed by atoms with Gasteiger partial charge in [0.15, 0.2) is 0 Å². The molecule has 0 saturated heterocycles. The molecule has 82 valence electrons. The highest BCUT2D eigenvalue weighted by atomic mass is 35.5. The van der Waals surface area contributed by atoms with Crippen molar-refractivity contribution in [3.05, 3.63) is 23.8 Å². The van der Waals surface area contributed by atoms with Gasteiger partial charge in [0.2, 0.25) is 0 Å². The summed E-state index contributed by atoms with van der Waals surface area (Å²) in [7, 11) is 0. The Bertz CT molecular complexity index is 347. The monoisotopic (exact) mass is 229 g/mol. The molecule has 0 heterocycles. The number of hydrogen-bond acceptors (Lipinski definition) is 3. The van der Waals surface area contributed by atoms with Gasteiger partial charge in [-0.3, -0.25) is 4.79 Å². The molecule has 1 aromatic rings. The Labute approximate surface area is 92.5 Å². The largest absolute Gasteiger partial charge is 0.507 e. The van der Waals surface area contributed by atoms with Gasteiger partial charge < -0.3 is 15.5 Å². The van der Waals surface area contributed by atoms with Gasteiger partial charge in [0.1, 0.15) is 17.1 Å². The van der Waals surface area contributed by atoms with Gasteiger partial charge in [0.25, 0.3) is 5.91 Å². The minimum atomic E-state index is -0.543. The van der Waals surface area contributed by atoms with E-state index in [-0.39, 0.29) is 29.0 Å². The second-order valence-electron chi connectivity index (χ2n) is 3.20. The number of benzene rings is 1. The smallest absolute Gasteiger partial charge is 0.259 e. The molecule has 4 nitrogen and oxygen atoms in total. The summed E-state index contributed by atoms with van der Waals surface area (Å²) in [5, 5.41) is 21.3. The van der Waals surface area contributed by atoms with E-state index in [4.69, 9.17) is 11.6 Å². The maximum Gasteiger partial charge on any atom is 0.259 e. The van der Waals surface area contributed by atoms with Crippen LogP contribution in [0.3, 0.4) is 0 Å². The minimum absolute atomic E-state index is 0.130. The van der Waals surface area contributed by atoms with Crippen molar-refractivity contribution in [1.82, 2.24) is 5.32 Å². The quantitative estimate of drug-likeness (QED) is 0.688. The third-order valence-electron chi connectivity index (χ3n) is 1.86. The lowest BCUT2D eigenvalue weighted by Gasteiger charge is -2.12. The first-order valence-electron chi connectivity index (χ1n) is 4.44. The van der Waals surface area contributed by atoms with Crippen LogP contribution in [-0.4, -0.2) is 28.0 Å². The number of aromatic hydroxyl groups is 2. The van der Waals surface area contributed by atoms with Crippen LogP contribution in [0.2, 0.25) is 0 Å². The molecular formula is C10H12ClNO3. The van der Waals surface area contributed by atoms with Crippen LogP contribution >= 0.6 is 11.6 Å². The molecule has 15 heavy (non-hydrogen) atoms. The molecule has 0 aliphatic carbocycles. The van der Waals surface area contributed by atoms with Gasteiger partial charge >= 0.3 is 0 Å². The van der Waals surface area contributed by atoms with Crippen LogP contribution < -0.4 is 5.32 Å². The first kappa shape index (κ1) is 11.7. The molecule has 3 N–H and O–H groups in total. The van der Waals surface area contributed by atoms with E-state index in [1.807, 2.05) is 0 Å². The van der Waals surface area contributed by atoms with Crippen molar-refractivity contribution in [1.29, 1.82) is 0 Å². The highest BCUT2D eigenvalue weighted by Crippen LogP contribution is 2.25. The van der Waals surface area contributed by atoms with E-state index in [1.165, 1.54) is 18.2 Å². The van der Waals surface area contributed by atoms with Crippen molar-refractivity contribution in [3.63, 3.8) is 0 Å². The first-order valence-corrected chi connectivity index (χ1v) is 4.97. The van der Waals surface area contributed by atoms with E-state index >= 15 is 0 Å². The fraction of sp³-hybridized carbons (Fsp3) is 0.300. The van der Waals surface area contributed by atoms with E-state index in [2.05, 4.69) is 5.32 Å². The van der Waals surface area contributed by atoms with Gasteiger partial charge in [0.05, 0.1) is 0 Å². The number of halogens is 1. The average Bonchev–Trinajstić information content (AvgIpc) is 2.17. The average molecular weight is 230 g/mol. The van der Waals surface area contributed by atoms with Crippen molar-refractivity contribution in [2.45, 2.75) is 13.0 Å². The van der Waals surface area contributed by atoms with Crippen LogP contribution in [0.4, 0.5) is 0 Å². The molecule has 5 heteroatoms. The normalized spacial score (nSPS) is 12.1. The highest BCUT2D eigenvalue weighted by molar-refractivity contribution is 6.18. The van der Waals surface area contributed by atoms with Gasteiger partial charge in [-0.2, -0.15) is 0 Å². The molecule has 0 aromatic heterocycles. The Balaban J connectivity index is 2.91. The zero-order valence-corrected chi connectivity index (χ0v) is 8.95. The number of phenolic OH excluding ortho intramolecular Hbond substituents is 2. The predicted octanol–water partition coefficient (Wildman–Crippen LogP) is 1.45. The second kappa shape index (κ2) is 4.89. The zero-order chi connectivity index (χ0) is 11.4. The van der Waals surface area contributed by atoms with Crippen molar-refractivity contribution >= 4 is 17.5 Å². The summed E-state index contributed by atoms with van der Waals surface area (Å²) in [5.74, 6) is -0.789. The Morgan fingerprint density at radius 1 is 1.47 bits per heavy atom. The van der Waals surface area contributed by atoms with Gasteiger partial charge in [-0.1, -0.05) is 6.07 Å². The van der Waals surface area contributed by atoms with E-state index in [0.717, 1.165) is 0 Å². The number of amides is 1. The summed E-state index contributed by atoms with van der Waals surface area (Å²) < 4.78 is 0. The number of carbonyl (C=O) groups is 1. The molecule has 0 saturated carbocycles. The summed E-state index contributed by atoms with van der Waals surface area (Å²) in [6.45, 7) is 1.72. The Morgan fingerprint density at radius 2 is 2.00 bits per heavy atom. The van der Waals surface area contributed by atoms with Crippen LogP contribution in [-0.2, 0) is 0 Å². The lowest BCUT2D eigenvalue weighted by atomic mass is 10.1. The molecule has 1 unspecified atom stereocenters. The number of alkyl halides is 1. The molecule has 0 bridgehead atoms. The zero-order valence-electron chi connectivity index (χ0n) is 8.20. The van der Waals surface area contributed by atoms with Crippen LogP contribution in [0.25, 0.3) is 0 Å². The van der Waals surface area contributed by atoms with Crippen LogP contribution in [0.15, 0.2) is 18.2 Å². The molecule has 1 atom stereocenters. The van der Waals surface area contributed by atoms with Crippen molar-refractivity contribution in [3.8, 4) is 11.5 Å². The first-order chi connectivity index (χ1) is 7.06. The summed E-state index contributed by atoms with van der Waals surface area (Å²) >= 11 is 5.52. The van der Waals surface area contributed by atoms with Crippen LogP contribution in [0.5, 0.6) is 11.5 Å². The fourth-order valence-corrected chi connectivity index (χ4v) is 1.17. The van der Waals surface area contributed by atoms with Crippen molar-refractivity contribution < 1.29 is 15.0 Å². The topological polar surface area (TPSA) is 69.6 Å². The van der Waals surface area contributed by atoms with Crippen molar-refractivity contribution in [2.24, 2.45) is 0 Å². The SMILES string of the molecule is CC(CCl)NC(=O)c1c(O)cccc1O. The van der Waals surface area contributed by atoms with Gasteiger partial charge in [-0.25, -0.2) is 0 Å². The van der Waals surface area contributed by atoms with E-state index in [9.17, 15) is 15.0 Å². The molecule has 1 amide bonds. The van der Waals surface area contributed by atoms with Gasteiger partial charge in [-0.05, 0) is 19.1 Å². The van der Waals surface area contributed by atoms with E-state index < -0.39 is 5.91 Å². The fourth-order valence-electron chi connectivity index (χ4n) is 1.10. The number of hydrogen-bond donors (Lipinski definition) is 3. The molecular weight excluding hydrogens is 218 g/mol. The van der Waals surface area contributed by atoms with Crippen molar-refractivity contribution in [2.75, 3.05) is 5.88 Å². The standard InChI is InChI=1S/C10H12ClNO3/c1-6(5-11)12-10(15)9-7(13)3-2-4-8(9)14/h2-4,6,13-14H,5H2,1H3,(H,12,15). The molecule has 0 fully saturated rings. The summed E-state index contributed by atoms with van der Waals surface area (Å²) in [6, 6.07) is 3.89. The maximum absolute atomic E-state index is 11.6.